The minimum Gasteiger partial charge on any atom is -0.548 e. The number of ether oxygens (including phenoxy) is 3. The Hall–Kier alpha value is -0.405. The van der Waals surface area contributed by atoms with Crippen molar-refractivity contribution in [1.29, 1.82) is 0 Å². The molecule has 0 amide bonds. The molecule has 0 saturated heterocycles. The van der Waals surface area contributed by atoms with Crippen LogP contribution in [0.2, 0.25) is 0 Å². The van der Waals surface area contributed by atoms with Crippen LogP contribution in [-0.4, -0.2) is 81.6 Å². The van der Waals surface area contributed by atoms with Crippen molar-refractivity contribution in [2.24, 2.45) is 0 Å². The molecule has 1 aliphatic carbocycles. The summed E-state index contributed by atoms with van der Waals surface area (Å²) >= 11 is 0. The molecular weight excluding hydrogens is 891 g/mol. The number of phenolic OH excluding ortho intramolecular Hbond substituents is 1. The Labute approximate surface area is 504 Å². The molecule has 0 unspecified atom stereocenters. The zero-order valence-electron chi connectivity index (χ0n) is 32.4. The van der Waals surface area contributed by atoms with Crippen molar-refractivity contribution >= 4 is 46.2 Å². The molecule has 2 aliphatic rings. The molecule has 3 aromatic carbocycles. The molecule has 1 N–H and O–H groups in total. The third kappa shape index (κ3) is 16.0. The number of phenols is 1. The van der Waals surface area contributed by atoms with Crippen LogP contribution >= 0.6 is 0 Å². The Morgan fingerprint density at radius 3 is 1.73 bits per heavy atom. The van der Waals surface area contributed by atoms with Crippen molar-refractivity contribution in [1.82, 2.24) is 0 Å². The fourth-order valence-corrected chi connectivity index (χ4v) is 5.70. The summed E-state index contributed by atoms with van der Waals surface area (Å²) in [6, 6.07) is 13.7. The number of fused-ring (bicyclic) bond motifs is 2. The first-order valence-corrected chi connectivity index (χ1v) is 16.2. The molecule has 0 atom stereocenters. The van der Waals surface area contributed by atoms with Crippen molar-refractivity contribution in [2.75, 3.05) is 62.4 Å². The molecule has 288 valence electrons. The van der Waals surface area contributed by atoms with Gasteiger partial charge in [-0.15, -0.1) is 0 Å². The molecule has 59 heavy (non-hydrogen) atoms. The summed E-state index contributed by atoms with van der Waals surface area (Å²) in [5, 5.41) is 55.5. The van der Waals surface area contributed by atoms with E-state index in [2.05, 4.69) is 0 Å². The molecule has 1 aliphatic heterocycles. The predicted octanol–water partition coefficient (Wildman–Crippen LogP) is -13.3. The van der Waals surface area contributed by atoms with Gasteiger partial charge in [-0.05, 0) is 42.0 Å². The van der Waals surface area contributed by atoms with E-state index in [-0.39, 0.29) is 288 Å². The number of rotatable bonds is 19. The van der Waals surface area contributed by atoms with Crippen molar-refractivity contribution < 1.29 is 278 Å². The van der Waals surface area contributed by atoms with Gasteiger partial charge in [0.25, 0.3) is 0 Å². The maximum absolute atomic E-state index is 14.7. The maximum Gasteiger partial charge on any atom is 1.00 e. The average Bonchev–Trinajstić information content (AvgIpc) is 3.10. The first-order valence-electron chi connectivity index (χ1n) is 16.2. The first-order chi connectivity index (χ1) is 26.2. The normalized spacial score (nSPS) is 10.3. The number of halogens is 2. The number of para-hydroxylation sites is 2. The van der Waals surface area contributed by atoms with Gasteiger partial charge in [-0.2, -0.15) is 0 Å². The van der Waals surface area contributed by atoms with Gasteiger partial charge in [-0.25, -0.2) is 8.78 Å². The number of hydrogen-bond donors (Lipinski definition) is 1. The molecule has 0 saturated carbocycles. The standard InChI is InChI=1S/C37H32F2N2O14.4K/c38-23-12-21-30(14-27(23)42)55-31-15-28(43)24(39)13-22(31)37(21)20-5-6-26(41(18-35(48)49)19-36(50)51)32(11-20)54-10-8-52-7-9-53-29-4-2-1-3-25(29)40(16-33(44)45)17-34(46)47;;;;/h1-6,11-15,42H,7-10,16-19H2,(H,44,45)(H,46,47)(H,48,49)(H,50,51);;;;/q;4*+1/p-4. The Bertz CT molecular complexity index is 2270. The van der Waals surface area contributed by atoms with Crippen molar-refractivity contribution in [2.45, 2.75) is 0 Å². The van der Waals surface area contributed by atoms with Crippen LogP contribution in [0.4, 0.5) is 20.2 Å². The van der Waals surface area contributed by atoms with Gasteiger partial charge >= 0.3 is 206 Å². The van der Waals surface area contributed by atoms with Crippen LogP contribution in [0.25, 0.3) is 33.4 Å². The minimum atomic E-state index is -1.63. The summed E-state index contributed by atoms with van der Waals surface area (Å²) < 4.78 is 52.2. The molecule has 0 spiro atoms. The van der Waals surface area contributed by atoms with Crippen LogP contribution in [0, 0.1) is 11.6 Å². The number of benzene rings is 4. The van der Waals surface area contributed by atoms with Gasteiger partial charge < -0.3 is 73.1 Å². The molecule has 0 fully saturated rings. The quantitative estimate of drug-likeness (QED) is 0.0459. The Morgan fingerprint density at radius 1 is 0.644 bits per heavy atom. The van der Waals surface area contributed by atoms with Crippen molar-refractivity contribution in [3.05, 3.63) is 88.6 Å². The molecule has 1 heterocycles. The molecular formula is C37H28F2K4N2O14. The largest absolute Gasteiger partial charge is 1.00 e. The Kier molecular flexibility index (Phi) is 25.9. The number of nitrogens with zero attached hydrogens (tertiary/aromatic N) is 2. The molecule has 16 nitrogen and oxygen atoms in total. The van der Waals surface area contributed by atoms with Crippen LogP contribution in [0.15, 0.2) is 75.9 Å². The van der Waals surface area contributed by atoms with Crippen LogP contribution in [0.5, 0.6) is 17.2 Å². The topological polar surface area (TPSA) is 245 Å². The number of aromatic hydroxyl groups is 1. The molecule has 5 rings (SSSR count). The first kappa shape index (κ1) is 56.6. The molecule has 0 radical (unpaired) electrons. The number of hydrogen-bond acceptors (Lipinski definition) is 16. The molecule has 22 heteroatoms. The van der Waals surface area contributed by atoms with E-state index in [1.165, 1.54) is 30.3 Å². The van der Waals surface area contributed by atoms with E-state index in [9.17, 15) is 58.3 Å². The van der Waals surface area contributed by atoms with Crippen LogP contribution in [0.3, 0.4) is 0 Å². The number of carbonyl (C=O) groups is 4. The molecule has 3 aromatic rings. The predicted molar refractivity (Wildman–Crippen MR) is 179 cm³/mol. The second-order valence-corrected chi connectivity index (χ2v) is 11.7. The summed E-state index contributed by atoms with van der Waals surface area (Å²) in [6.45, 7) is -3.83. The summed E-state index contributed by atoms with van der Waals surface area (Å²) in [5.41, 5.74) is -0.679. The van der Waals surface area contributed by atoms with Gasteiger partial charge in [0.2, 0.25) is 5.43 Å². The monoisotopic (exact) mass is 918 g/mol. The second kappa shape index (κ2) is 27.0. The zero-order chi connectivity index (χ0) is 39.8. The number of anilines is 2. The number of carbonyl (C=O) groups excluding carboxylic acids is 4. The summed E-state index contributed by atoms with van der Waals surface area (Å²) in [6.07, 6.45) is 0. The third-order valence-electron chi connectivity index (χ3n) is 7.89. The van der Waals surface area contributed by atoms with E-state index < -0.39 is 72.9 Å². The van der Waals surface area contributed by atoms with Crippen molar-refractivity contribution in [3.63, 3.8) is 0 Å². The van der Waals surface area contributed by atoms with Crippen molar-refractivity contribution in [3.8, 4) is 39.7 Å². The fourth-order valence-electron chi connectivity index (χ4n) is 5.70. The van der Waals surface area contributed by atoms with Crippen LogP contribution < -0.4 is 251 Å². The molecule has 0 bridgehead atoms. The van der Waals surface area contributed by atoms with E-state index in [1.54, 1.807) is 12.1 Å². The summed E-state index contributed by atoms with van der Waals surface area (Å²) in [4.78, 5) is 59.5. The number of aliphatic carboxylic acids is 4. The second-order valence-electron chi connectivity index (χ2n) is 11.7. The van der Waals surface area contributed by atoms with E-state index in [4.69, 9.17) is 18.6 Å². The smallest absolute Gasteiger partial charge is 0.548 e. The van der Waals surface area contributed by atoms with Gasteiger partial charge in [-0.3, -0.25) is 4.79 Å². The van der Waals surface area contributed by atoms with Gasteiger partial charge in [0.05, 0.1) is 74.6 Å². The fraction of sp³-hybridized carbons (Fsp3) is 0.216. The summed E-state index contributed by atoms with van der Waals surface area (Å²) in [5.74, 6) is -9.40. The minimum absolute atomic E-state index is 0. The molecule has 0 aromatic heterocycles. The van der Waals surface area contributed by atoms with Crippen LogP contribution in [-0.2, 0) is 23.9 Å². The maximum atomic E-state index is 14.7. The van der Waals surface area contributed by atoms with Crippen LogP contribution in [0.1, 0.15) is 0 Å². The third-order valence-corrected chi connectivity index (χ3v) is 7.89. The van der Waals surface area contributed by atoms with E-state index in [1.807, 2.05) is 0 Å². The summed E-state index contributed by atoms with van der Waals surface area (Å²) in [7, 11) is 0. The Morgan fingerprint density at radius 2 is 1.17 bits per heavy atom. The van der Waals surface area contributed by atoms with Gasteiger partial charge in [0.15, 0.2) is 17.4 Å². The number of carboxylic acid groups (broad SMARTS) is 4. The zero-order valence-corrected chi connectivity index (χ0v) is 44.9. The average molecular weight is 919 g/mol. The van der Waals surface area contributed by atoms with E-state index in [0.29, 0.717) is 0 Å². The number of carboxylic acids is 4. The van der Waals surface area contributed by atoms with Gasteiger partial charge in [0.1, 0.15) is 36.1 Å². The van der Waals surface area contributed by atoms with Gasteiger partial charge in [-0.1, -0.05) is 18.2 Å². The Balaban J connectivity index is 0.00000435. The SMILES string of the molecule is O=C([O-])CN(CC(=O)[O-])c1ccccc1OCCOCCOc1cc(-c2c3cc(F)c(=O)cc-3oc3cc(O)c(F)cc23)ccc1N(CC(=O)[O-])CC(=O)[O-].[K+].[K+].[K+].[K+]. The van der Waals surface area contributed by atoms with E-state index >= 15 is 0 Å². The van der Waals surface area contributed by atoms with E-state index in [0.717, 1.165) is 34.1 Å². The van der Waals surface area contributed by atoms with Gasteiger partial charge in [0, 0.05) is 28.6 Å².